The molecule has 0 saturated heterocycles. The maximum absolute atomic E-state index is 9.90. The van der Waals surface area contributed by atoms with E-state index in [2.05, 4.69) is 0 Å². The van der Waals surface area contributed by atoms with Crippen LogP contribution in [0, 0.1) is 0 Å². The Kier molecular flexibility index (Phi) is 11.2. The fourth-order valence-electron chi connectivity index (χ4n) is 2.19. The average Bonchev–Trinajstić information content (AvgIpc) is 2.71. The summed E-state index contributed by atoms with van der Waals surface area (Å²) in [6.45, 7) is -0.760. The van der Waals surface area contributed by atoms with Crippen LogP contribution in [0.4, 0.5) is 22.7 Å². The van der Waals surface area contributed by atoms with Crippen molar-refractivity contribution in [2.75, 3.05) is 29.5 Å². The minimum absolute atomic E-state index is 0. The van der Waals surface area contributed by atoms with Crippen molar-refractivity contribution in [3.63, 3.8) is 0 Å². The Hall–Kier alpha value is -2.40. The molecule has 0 aromatic heterocycles. The standard InChI is InChI=1S/C12H14N4.C6H12O6.Ni/c13-8-3-1-7(2-4-8)9-5-6-10(14)12(16)11(9)15;7-1-3(9)5(11)6(12)4(10)2-8;/h1-6H,13-16H2;1,3-6,8-12H,2H2;/t;3-,4+,5+,6+;/m.0./s1. The van der Waals surface area contributed by atoms with E-state index in [0.717, 1.165) is 11.1 Å². The molecule has 0 fully saturated rings. The smallest absolute Gasteiger partial charge is 0.151 e. The summed E-state index contributed by atoms with van der Waals surface area (Å²) in [6.07, 6.45) is -6.84. The van der Waals surface area contributed by atoms with Gasteiger partial charge in [-0.05, 0) is 23.8 Å². The first-order valence-corrected chi connectivity index (χ1v) is 8.21. The van der Waals surface area contributed by atoms with E-state index in [1.54, 1.807) is 6.07 Å². The Balaban J connectivity index is 0.000000547. The number of rotatable bonds is 6. The van der Waals surface area contributed by atoms with Gasteiger partial charge in [0.2, 0.25) is 0 Å². The molecule has 0 radical (unpaired) electrons. The molecular formula is C18H26N4NiO6. The van der Waals surface area contributed by atoms with Gasteiger partial charge in [-0.2, -0.15) is 0 Å². The van der Waals surface area contributed by atoms with Gasteiger partial charge in [0.15, 0.2) is 6.29 Å². The Morgan fingerprint density at radius 2 is 1.38 bits per heavy atom. The van der Waals surface area contributed by atoms with Gasteiger partial charge < -0.3 is 53.3 Å². The summed E-state index contributed by atoms with van der Waals surface area (Å²) in [4.78, 5) is 9.90. The van der Waals surface area contributed by atoms with Crippen LogP contribution in [0.25, 0.3) is 11.1 Å². The average molecular weight is 453 g/mol. The molecule has 4 atom stereocenters. The first-order chi connectivity index (χ1) is 13.1. The Labute approximate surface area is 177 Å². The van der Waals surface area contributed by atoms with E-state index >= 15 is 0 Å². The van der Waals surface area contributed by atoms with Crippen molar-refractivity contribution in [1.82, 2.24) is 0 Å². The molecular weight excluding hydrogens is 427 g/mol. The van der Waals surface area contributed by atoms with Crippen LogP contribution in [-0.4, -0.2) is 62.8 Å². The first kappa shape index (κ1) is 26.6. The molecule has 0 aliphatic heterocycles. The van der Waals surface area contributed by atoms with Crippen LogP contribution in [0.1, 0.15) is 0 Å². The van der Waals surface area contributed by atoms with E-state index in [9.17, 15) is 4.79 Å². The van der Waals surface area contributed by atoms with Crippen LogP contribution in [0.3, 0.4) is 0 Å². The fourth-order valence-corrected chi connectivity index (χ4v) is 2.19. The molecule has 0 aliphatic carbocycles. The number of aliphatic hydroxyl groups is 5. The first-order valence-electron chi connectivity index (χ1n) is 8.21. The molecule has 0 unspecified atom stereocenters. The molecule has 0 amide bonds. The van der Waals surface area contributed by atoms with Gasteiger partial charge in [-0.25, -0.2) is 0 Å². The molecule has 0 bridgehead atoms. The zero-order chi connectivity index (χ0) is 21.4. The van der Waals surface area contributed by atoms with Gasteiger partial charge >= 0.3 is 0 Å². The summed E-state index contributed by atoms with van der Waals surface area (Å²) in [5.41, 5.74) is 27.0. The van der Waals surface area contributed by atoms with Crippen molar-refractivity contribution in [2.45, 2.75) is 24.4 Å². The Bertz CT molecular complexity index is 778. The fraction of sp³-hybridized carbons (Fsp3) is 0.278. The van der Waals surface area contributed by atoms with Gasteiger partial charge in [0, 0.05) is 27.7 Å². The molecule has 10 nitrogen and oxygen atoms in total. The summed E-state index contributed by atoms with van der Waals surface area (Å²) >= 11 is 0. The van der Waals surface area contributed by atoms with Gasteiger partial charge in [0.1, 0.15) is 24.4 Å². The summed E-state index contributed by atoms with van der Waals surface area (Å²) in [5, 5.41) is 43.5. The molecule has 2 aromatic carbocycles. The number of carbonyl (C=O) groups is 1. The SMILES string of the molecule is Nc1ccc(-c2ccc(N)c(N)c2N)cc1.O=C[C@H](O)[C@@H](O)[C@H](O)[C@H](O)CO.[Ni]. The van der Waals surface area contributed by atoms with Crippen molar-refractivity contribution < 1.29 is 46.8 Å². The Morgan fingerprint density at radius 1 is 0.828 bits per heavy atom. The summed E-state index contributed by atoms with van der Waals surface area (Å²) < 4.78 is 0. The molecule has 11 heteroatoms. The number of carbonyl (C=O) groups excluding carboxylic acids is 1. The third-order valence-electron chi connectivity index (χ3n) is 3.96. The molecule has 164 valence electrons. The van der Waals surface area contributed by atoms with Gasteiger partial charge in [-0.1, -0.05) is 18.2 Å². The van der Waals surface area contributed by atoms with Crippen LogP contribution in [0.2, 0.25) is 0 Å². The monoisotopic (exact) mass is 452 g/mol. The van der Waals surface area contributed by atoms with Crippen LogP contribution < -0.4 is 22.9 Å². The number of anilines is 4. The van der Waals surface area contributed by atoms with E-state index in [0.29, 0.717) is 22.7 Å². The van der Waals surface area contributed by atoms with Crippen LogP contribution in [0.5, 0.6) is 0 Å². The second-order valence-electron chi connectivity index (χ2n) is 6.01. The predicted molar refractivity (Wildman–Crippen MR) is 107 cm³/mol. The second-order valence-corrected chi connectivity index (χ2v) is 6.01. The molecule has 0 heterocycles. The van der Waals surface area contributed by atoms with Crippen LogP contribution >= 0.6 is 0 Å². The third kappa shape index (κ3) is 7.17. The van der Waals surface area contributed by atoms with Crippen molar-refractivity contribution in [2.24, 2.45) is 0 Å². The number of hydrogen-bond donors (Lipinski definition) is 9. The van der Waals surface area contributed by atoms with E-state index in [1.807, 2.05) is 30.3 Å². The molecule has 2 rings (SSSR count). The molecule has 0 saturated carbocycles. The topological polar surface area (TPSA) is 222 Å². The number of nitrogen functional groups attached to an aromatic ring is 4. The second kappa shape index (κ2) is 12.2. The maximum atomic E-state index is 9.90. The number of hydrogen-bond acceptors (Lipinski definition) is 10. The van der Waals surface area contributed by atoms with Crippen molar-refractivity contribution in [1.29, 1.82) is 0 Å². The largest absolute Gasteiger partial charge is 0.399 e. The van der Waals surface area contributed by atoms with E-state index in [4.69, 9.17) is 48.5 Å². The van der Waals surface area contributed by atoms with E-state index < -0.39 is 31.0 Å². The van der Waals surface area contributed by atoms with E-state index in [1.165, 1.54) is 0 Å². The number of benzene rings is 2. The molecule has 13 N–H and O–H groups in total. The molecule has 0 spiro atoms. The predicted octanol–water partition coefficient (Wildman–Crippen LogP) is -1.70. The minimum Gasteiger partial charge on any atom is -0.399 e. The van der Waals surface area contributed by atoms with Gasteiger partial charge in [-0.15, -0.1) is 0 Å². The van der Waals surface area contributed by atoms with Gasteiger partial charge in [-0.3, -0.25) is 0 Å². The summed E-state index contributed by atoms with van der Waals surface area (Å²) in [7, 11) is 0. The number of aliphatic hydroxyl groups excluding tert-OH is 5. The van der Waals surface area contributed by atoms with E-state index in [-0.39, 0.29) is 22.8 Å². The van der Waals surface area contributed by atoms with Crippen LogP contribution in [-0.2, 0) is 21.3 Å². The zero-order valence-electron chi connectivity index (χ0n) is 15.3. The van der Waals surface area contributed by atoms with Crippen molar-refractivity contribution >= 4 is 29.0 Å². The Morgan fingerprint density at radius 3 is 1.86 bits per heavy atom. The maximum Gasteiger partial charge on any atom is 0.151 e. The molecule has 2 aromatic rings. The summed E-state index contributed by atoms with van der Waals surface area (Å²) in [5.74, 6) is 0. The summed E-state index contributed by atoms with van der Waals surface area (Å²) in [6, 6.07) is 11.0. The van der Waals surface area contributed by atoms with Crippen LogP contribution in [0.15, 0.2) is 36.4 Å². The third-order valence-corrected chi connectivity index (χ3v) is 3.96. The molecule has 0 aliphatic rings. The zero-order valence-corrected chi connectivity index (χ0v) is 16.3. The molecule has 29 heavy (non-hydrogen) atoms. The van der Waals surface area contributed by atoms with Gasteiger partial charge in [0.05, 0.1) is 23.7 Å². The quantitative estimate of drug-likeness (QED) is 0.137. The number of nitrogens with two attached hydrogens (primary N) is 4. The number of aldehydes is 1. The van der Waals surface area contributed by atoms with Gasteiger partial charge in [0.25, 0.3) is 0 Å². The normalized spacial score (nSPS) is 14.4. The van der Waals surface area contributed by atoms with Crippen molar-refractivity contribution in [3.05, 3.63) is 36.4 Å². The van der Waals surface area contributed by atoms with Crippen molar-refractivity contribution in [3.8, 4) is 11.1 Å². The minimum atomic E-state index is -1.79.